The molecule has 0 saturated heterocycles. The molecule has 0 atom stereocenters. The number of aryl methyl sites for hydroxylation is 2. The summed E-state index contributed by atoms with van der Waals surface area (Å²) in [6.07, 6.45) is 2.27. The van der Waals surface area contributed by atoms with E-state index in [1.807, 2.05) is 50.2 Å². The molecule has 0 bridgehead atoms. The summed E-state index contributed by atoms with van der Waals surface area (Å²) in [5, 5.41) is 12.9. The fourth-order valence-corrected chi connectivity index (χ4v) is 4.69. The molecule has 0 fully saturated rings. The third-order valence-corrected chi connectivity index (χ3v) is 7.05. The highest BCUT2D eigenvalue weighted by Crippen LogP contribution is 2.33. The van der Waals surface area contributed by atoms with Crippen molar-refractivity contribution >= 4 is 52.4 Å². The van der Waals surface area contributed by atoms with Gasteiger partial charge in [-0.15, -0.1) is 0 Å². The van der Waals surface area contributed by atoms with E-state index >= 15 is 0 Å². The van der Waals surface area contributed by atoms with Gasteiger partial charge in [0.15, 0.2) is 0 Å². The van der Waals surface area contributed by atoms with Gasteiger partial charge in [-0.1, -0.05) is 48.3 Å². The van der Waals surface area contributed by atoms with E-state index in [9.17, 15) is 14.7 Å². The van der Waals surface area contributed by atoms with E-state index < -0.39 is 5.97 Å². The van der Waals surface area contributed by atoms with Gasteiger partial charge in [0.25, 0.3) is 5.91 Å². The SMILES string of the molecule is CCc1ccccc1N(CC)C(=O)c1ccc(Nc2ncc(Cl)c(-c3cc(C(=O)O)c(Cl)n3C)n2)c(C)c1. The predicted molar refractivity (Wildman–Crippen MR) is 151 cm³/mol. The molecule has 0 aliphatic rings. The van der Waals surface area contributed by atoms with Crippen LogP contribution in [0.25, 0.3) is 11.4 Å². The highest BCUT2D eigenvalue weighted by Gasteiger charge is 2.21. The molecule has 10 heteroatoms. The van der Waals surface area contributed by atoms with Crippen LogP contribution in [0.4, 0.5) is 17.3 Å². The zero-order valence-electron chi connectivity index (χ0n) is 21.4. The lowest BCUT2D eigenvalue weighted by molar-refractivity contribution is 0.0697. The van der Waals surface area contributed by atoms with Gasteiger partial charge >= 0.3 is 5.97 Å². The molecule has 2 heterocycles. The summed E-state index contributed by atoms with van der Waals surface area (Å²) in [7, 11) is 1.63. The normalized spacial score (nSPS) is 10.9. The lowest BCUT2D eigenvalue weighted by Crippen LogP contribution is -2.31. The first kappa shape index (κ1) is 27.2. The van der Waals surface area contributed by atoms with Crippen molar-refractivity contribution in [2.24, 2.45) is 7.05 Å². The number of carbonyl (C=O) groups is 2. The van der Waals surface area contributed by atoms with Crippen LogP contribution in [-0.4, -0.2) is 38.1 Å². The number of hydrogen-bond acceptors (Lipinski definition) is 5. The lowest BCUT2D eigenvalue weighted by Gasteiger charge is -2.24. The Bertz CT molecular complexity index is 1530. The van der Waals surface area contributed by atoms with E-state index in [2.05, 4.69) is 22.2 Å². The Kier molecular flexibility index (Phi) is 8.04. The molecule has 0 unspecified atom stereocenters. The second-order valence-corrected chi connectivity index (χ2v) is 9.44. The minimum atomic E-state index is -1.15. The van der Waals surface area contributed by atoms with Crippen LogP contribution >= 0.6 is 23.2 Å². The third-order valence-electron chi connectivity index (χ3n) is 6.32. The van der Waals surface area contributed by atoms with Gasteiger partial charge in [-0.05, 0) is 61.7 Å². The monoisotopic (exact) mass is 551 g/mol. The maximum Gasteiger partial charge on any atom is 0.338 e. The molecule has 2 N–H and O–H groups in total. The van der Waals surface area contributed by atoms with E-state index in [4.69, 9.17) is 23.2 Å². The Morgan fingerprint density at radius 2 is 1.84 bits per heavy atom. The number of nitrogens with zero attached hydrogens (tertiary/aromatic N) is 4. The molecule has 2 aromatic heterocycles. The molecule has 38 heavy (non-hydrogen) atoms. The summed E-state index contributed by atoms with van der Waals surface area (Å²) >= 11 is 12.5. The number of rotatable bonds is 8. The van der Waals surface area contributed by atoms with Crippen molar-refractivity contribution < 1.29 is 14.7 Å². The first-order chi connectivity index (χ1) is 18.2. The predicted octanol–water partition coefficient (Wildman–Crippen LogP) is 6.77. The number of carbonyl (C=O) groups excluding carboxylic acids is 1. The highest BCUT2D eigenvalue weighted by molar-refractivity contribution is 6.34. The molecule has 196 valence electrons. The van der Waals surface area contributed by atoms with E-state index in [1.165, 1.54) is 16.8 Å². The zero-order chi connectivity index (χ0) is 27.6. The van der Waals surface area contributed by atoms with Crippen LogP contribution in [0.1, 0.15) is 45.7 Å². The van der Waals surface area contributed by atoms with Gasteiger partial charge in [0.05, 0.1) is 22.5 Å². The number of hydrogen-bond donors (Lipinski definition) is 2. The van der Waals surface area contributed by atoms with Gasteiger partial charge in [-0.2, -0.15) is 0 Å². The average molecular weight is 552 g/mol. The molecule has 0 aliphatic carbocycles. The van der Waals surface area contributed by atoms with Crippen LogP contribution in [-0.2, 0) is 13.5 Å². The number of aromatic carboxylic acids is 1. The minimum absolute atomic E-state index is 0.0489. The van der Waals surface area contributed by atoms with Gasteiger partial charge in [0.2, 0.25) is 5.95 Å². The van der Waals surface area contributed by atoms with Gasteiger partial charge < -0.3 is 19.9 Å². The van der Waals surface area contributed by atoms with Crippen LogP contribution < -0.4 is 10.2 Å². The van der Waals surface area contributed by atoms with Gasteiger partial charge in [-0.25, -0.2) is 14.8 Å². The number of benzene rings is 2. The molecule has 0 spiro atoms. The molecule has 1 amide bonds. The van der Waals surface area contributed by atoms with Crippen molar-refractivity contribution in [2.45, 2.75) is 27.2 Å². The maximum atomic E-state index is 13.4. The van der Waals surface area contributed by atoms with E-state index in [-0.39, 0.29) is 27.6 Å². The first-order valence-electron chi connectivity index (χ1n) is 12.0. The largest absolute Gasteiger partial charge is 0.478 e. The van der Waals surface area contributed by atoms with Crippen molar-refractivity contribution in [3.8, 4) is 11.4 Å². The topological polar surface area (TPSA) is 100 Å². The second kappa shape index (κ2) is 11.2. The molecule has 8 nitrogen and oxygen atoms in total. The van der Waals surface area contributed by atoms with Gasteiger partial charge in [0, 0.05) is 30.5 Å². The highest BCUT2D eigenvalue weighted by atomic mass is 35.5. The van der Waals surface area contributed by atoms with Crippen LogP contribution in [0.2, 0.25) is 10.2 Å². The number of nitrogens with one attached hydrogen (secondary N) is 1. The van der Waals surface area contributed by atoms with Crippen LogP contribution in [0.3, 0.4) is 0 Å². The molecule has 4 rings (SSSR count). The second-order valence-electron chi connectivity index (χ2n) is 8.67. The zero-order valence-corrected chi connectivity index (χ0v) is 22.9. The van der Waals surface area contributed by atoms with Crippen LogP contribution in [0, 0.1) is 6.92 Å². The van der Waals surface area contributed by atoms with Gasteiger partial charge in [-0.3, -0.25) is 4.79 Å². The standard InChI is InChI=1S/C28H27Cl2N5O3/c1-5-17-9-7-8-10-22(17)35(6-2)26(36)18-11-12-21(16(3)13-18)32-28-31-15-20(29)24(33-28)23-14-19(27(37)38)25(30)34(23)4/h7-15H,5-6H2,1-4H3,(H,37,38)(H,31,32,33). The molecule has 2 aromatic carbocycles. The van der Waals surface area contributed by atoms with E-state index in [0.29, 0.717) is 29.2 Å². The van der Waals surface area contributed by atoms with E-state index in [0.717, 1.165) is 23.2 Å². The summed E-state index contributed by atoms with van der Waals surface area (Å²) in [6.45, 7) is 6.47. The number of aromatic nitrogens is 3. The summed E-state index contributed by atoms with van der Waals surface area (Å²) in [4.78, 5) is 35.5. The summed E-state index contributed by atoms with van der Waals surface area (Å²) in [6, 6.07) is 14.7. The molecular formula is C28H27Cl2N5O3. The molecule has 0 radical (unpaired) electrons. The van der Waals surface area contributed by atoms with Crippen LogP contribution in [0.5, 0.6) is 0 Å². The molecule has 4 aromatic rings. The summed E-state index contributed by atoms with van der Waals surface area (Å²) in [5.74, 6) is -0.971. The van der Waals surface area contributed by atoms with Crippen molar-refractivity contribution in [3.63, 3.8) is 0 Å². The smallest absolute Gasteiger partial charge is 0.338 e. The Labute approximate surface area is 230 Å². The number of amides is 1. The molecule has 0 aliphatic heterocycles. The number of carboxylic acid groups (broad SMARTS) is 1. The quantitative estimate of drug-likeness (QED) is 0.250. The first-order valence-corrected chi connectivity index (χ1v) is 12.8. The molecular weight excluding hydrogens is 525 g/mol. The maximum absolute atomic E-state index is 13.4. The number of halogens is 2. The van der Waals surface area contributed by atoms with Crippen molar-refractivity contribution in [1.29, 1.82) is 0 Å². The molecule has 0 saturated carbocycles. The summed E-state index contributed by atoms with van der Waals surface area (Å²) < 4.78 is 1.50. The van der Waals surface area contributed by atoms with Crippen LogP contribution in [0.15, 0.2) is 54.7 Å². The fourth-order valence-electron chi connectivity index (χ4n) is 4.27. The summed E-state index contributed by atoms with van der Waals surface area (Å²) in [5.41, 5.74) is 4.85. The van der Waals surface area contributed by atoms with Crippen molar-refractivity contribution in [2.75, 3.05) is 16.8 Å². The Morgan fingerprint density at radius 3 is 2.47 bits per heavy atom. The number of carboxylic acids is 1. The average Bonchev–Trinajstić information content (AvgIpc) is 3.21. The number of para-hydroxylation sites is 1. The Morgan fingerprint density at radius 1 is 1.11 bits per heavy atom. The number of anilines is 3. The van der Waals surface area contributed by atoms with Gasteiger partial charge in [0.1, 0.15) is 10.8 Å². The fraction of sp³-hybridized carbons (Fsp3) is 0.214. The van der Waals surface area contributed by atoms with Crippen molar-refractivity contribution in [3.05, 3.63) is 87.2 Å². The van der Waals surface area contributed by atoms with E-state index in [1.54, 1.807) is 18.0 Å². The third kappa shape index (κ3) is 5.23. The Hall–Kier alpha value is -3.88. The minimum Gasteiger partial charge on any atom is -0.478 e. The lowest BCUT2D eigenvalue weighted by atomic mass is 10.1. The van der Waals surface area contributed by atoms with Crippen molar-refractivity contribution in [1.82, 2.24) is 14.5 Å². The Balaban J connectivity index is 1.62.